The van der Waals surface area contributed by atoms with E-state index < -0.39 is 0 Å². The van der Waals surface area contributed by atoms with Crippen molar-refractivity contribution in [1.82, 2.24) is 24.4 Å². The molecule has 1 amide bonds. The minimum Gasteiger partial charge on any atom is -0.461 e. The van der Waals surface area contributed by atoms with E-state index in [9.17, 15) is 4.79 Å². The number of hydrogen-bond acceptors (Lipinski definition) is 8. The van der Waals surface area contributed by atoms with E-state index in [0.717, 1.165) is 11.1 Å². The van der Waals surface area contributed by atoms with Gasteiger partial charge in [0, 0.05) is 18.5 Å². The van der Waals surface area contributed by atoms with Crippen molar-refractivity contribution in [3.05, 3.63) is 60.2 Å². The van der Waals surface area contributed by atoms with Gasteiger partial charge in [-0.25, -0.2) is 9.78 Å². The highest BCUT2D eigenvalue weighted by atomic mass is 16.6. The summed E-state index contributed by atoms with van der Waals surface area (Å²) in [6.07, 6.45) is 6.44. The number of cyclic esters (lactones) is 1. The summed E-state index contributed by atoms with van der Waals surface area (Å²) in [4.78, 5) is 25.9. The van der Waals surface area contributed by atoms with E-state index in [0.29, 0.717) is 31.3 Å². The van der Waals surface area contributed by atoms with E-state index in [1.807, 2.05) is 31.2 Å². The Morgan fingerprint density at radius 2 is 2.27 bits per heavy atom. The Bertz CT molecular complexity index is 1040. The van der Waals surface area contributed by atoms with Crippen LogP contribution in [0.3, 0.4) is 0 Å². The molecule has 1 aromatic carbocycles. The molecule has 0 aliphatic carbocycles. The number of nitrogens with one attached hydrogen (secondary N) is 1. The molecule has 1 aliphatic heterocycles. The molecule has 10 nitrogen and oxygen atoms in total. The fraction of sp³-hybridized carbons (Fsp3) is 0.250. The molecule has 0 saturated carbocycles. The van der Waals surface area contributed by atoms with Gasteiger partial charge in [0.15, 0.2) is 5.82 Å². The van der Waals surface area contributed by atoms with Crippen molar-refractivity contribution in [2.75, 3.05) is 31.7 Å². The number of carbonyl (C=O) groups excluding carboxylic acids is 1. The molecule has 1 fully saturated rings. The molecule has 2 aromatic heterocycles. The maximum absolute atomic E-state index is 11.5. The Morgan fingerprint density at radius 1 is 1.33 bits per heavy atom. The molecule has 3 aromatic rings. The van der Waals surface area contributed by atoms with E-state index in [1.54, 1.807) is 40.5 Å². The first kappa shape index (κ1) is 19.4. The van der Waals surface area contributed by atoms with Gasteiger partial charge in [-0.15, -0.1) is 0 Å². The van der Waals surface area contributed by atoms with Gasteiger partial charge in [0.05, 0.1) is 19.3 Å². The van der Waals surface area contributed by atoms with Crippen LogP contribution in [0.1, 0.15) is 11.1 Å². The number of hydrogen-bond donors (Lipinski definition) is 1. The summed E-state index contributed by atoms with van der Waals surface area (Å²) in [5.74, 6) is 1.04. The number of hydrazone groups is 1. The third kappa shape index (κ3) is 4.90. The zero-order valence-electron chi connectivity index (χ0n) is 16.4. The summed E-state index contributed by atoms with van der Waals surface area (Å²) in [6.45, 7) is 3.62. The van der Waals surface area contributed by atoms with Gasteiger partial charge in [0.25, 0.3) is 0 Å². The van der Waals surface area contributed by atoms with Crippen molar-refractivity contribution in [2.24, 2.45) is 5.10 Å². The SMILES string of the molecule is Cc1cccc(C=NNc2cc(-n3ccnc3)nc(OCCN3CCOC3=O)n2)c1. The predicted molar refractivity (Wildman–Crippen MR) is 110 cm³/mol. The van der Waals surface area contributed by atoms with Crippen molar-refractivity contribution in [3.63, 3.8) is 0 Å². The van der Waals surface area contributed by atoms with Gasteiger partial charge < -0.3 is 14.4 Å². The quantitative estimate of drug-likeness (QED) is 0.451. The summed E-state index contributed by atoms with van der Waals surface area (Å²) < 4.78 is 12.3. The van der Waals surface area contributed by atoms with Gasteiger partial charge in [-0.05, 0) is 12.5 Å². The molecule has 0 unspecified atom stereocenters. The van der Waals surface area contributed by atoms with Gasteiger partial charge in [-0.3, -0.25) is 9.99 Å². The summed E-state index contributed by atoms with van der Waals surface area (Å²) in [6, 6.07) is 9.90. The van der Waals surface area contributed by atoms with Gasteiger partial charge in [-0.2, -0.15) is 15.1 Å². The first-order chi connectivity index (χ1) is 14.7. The normalized spacial score (nSPS) is 13.6. The number of nitrogens with zero attached hydrogens (tertiary/aromatic N) is 6. The number of rotatable bonds is 8. The van der Waals surface area contributed by atoms with Crippen molar-refractivity contribution >= 4 is 18.1 Å². The standard InChI is InChI=1S/C20H21N7O3/c1-15-3-2-4-16(11-15)13-22-25-17-12-18(27-6-5-21-14-27)24-19(23-17)29-9-7-26-8-10-30-20(26)28/h2-6,11-14H,7-10H2,1H3,(H,23,24,25). The van der Waals surface area contributed by atoms with E-state index in [2.05, 4.69) is 25.5 Å². The molecule has 1 N–H and O–H groups in total. The Balaban J connectivity index is 1.47. The van der Waals surface area contributed by atoms with Crippen LogP contribution in [0, 0.1) is 6.92 Å². The molecule has 0 bridgehead atoms. The van der Waals surface area contributed by atoms with E-state index in [-0.39, 0.29) is 18.7 Å². The van der Waals surface area contributed by atoms with Crippen LogP contribution in [0.15, 0.2) is 54.2 Å². The molecule has 0 atom stereocenters. The molecule has 0 spiro atoms. The van der Waals surface area contributed by atoms with Crippen LogP contribution in [0.2, 0.25) is 0 Å². The molecule has 3 heterocycles. The monoisotopic (exact) mass is 407 g/mol. The summed E-state index contributed by atoms with van der Waals surface area (Å²) in [5.41, 5.74) is 5.04. The lowest BCUT2D eigenvalue weighted by molar-refractivity contribution is 0.152. The van der Waals surface area contributed by atoms with Crippen molar-refractivity contribution in [2.45, 2.75) is 6.92 Å². The highest BCUT2D eigenvalue weighted by molar-refractivity contribution is 5.80. The van der Waals surface area contributed by atoms with Crippen molar-refractivity contribution in [1.29, 1.82) is 0 Å². The first-order valence-corrected chi connectivity index (χ1v) is 9.45. The second-order valence-corrected chi connectivity index (χ2v) is 6.60. The second-order valence-electron chi connectivity index (χ2n) is 6.60. The van der Waals surface area contributed by atoms with E-state index in [4.69, 9.17) is 9.47 Å². The maximum atomic E-state index is 11.5. The van der Waals surface area contributed by atoms with E-state index in [1.165, 1.54) is 0 Å². The van der Waals surface area contributed by atoms with Crippen LogP contribution in [-0.4, -0.2) is 63.0 Å². The largest absolute Gasteiger partial charge is 0.461 e. The zero-order chi connectivity index (χ0) is 20.8. The number of aromatic nitrogens is 4. The van der Waals surface area contributed by atoms with Gasteiger partial charge in [0.2, 0.25) is 0 Å². The second kappa shape index (κ2) is 9.03. The molecule has 30 heavy (non-hydrogen) atoms. The van der Waals surface area contributed by atoms with Gasteiger partial charge in [0.1, 0.15) is 25.4 Å². The molecular formula is C20H21N7O3. The Morgan fingerprint density at radius 3 is 3.03 bits per heavy atom. The van der Waals surface area contributed by atoms with Gasteiger partial charge in [-0.1, -0.05) is 29.8 Å². The predicted octanol–water partition coefficient (Wildman–Crippen LogP) is 2.25. The van der Waals surface area contributed by atoms with Crippen LogP contribution in [0.5, 0.6) is 6.01 Å². The molecule has 0 radical (unpaired) electrons. The third-order valence-electron chi connectivity index (χ3n) is 4.33. The topological polar surface area (TPSA) is 107 Å². The van der Waals surface area contributed by atoms with Crippen LogP contribution >= 0.6 is 0 Å². The lowest BCUT2D eigenvalue weighted by Gasteiger charge is -2.13. The minimum absolute atomic E-state index is 0.169. The van der Waals surface area contributed by atoms with E-state index >= 15 is 0 Å². The molecule has 1 saturated heterocycles. The van der Waals surface area contributed by atoms with Crippen LogP contribution in [0.4, 0.5) is 10.6 Å². The Labute approximate surface area is 173 Å². The van der Waals surface area contributed by atoms with Crippen molar-refractivity contribution < 1.29 is 14.3 Å². The Kier molecular flexibility index (Phi) is 5.83. The first-order valence-electron chi connectivity index (χ1n) is 9.45. The summed E-state index contributed by atoms with van der Waals surface area (Å²) in [7, 11) is 0. The number of aryl methyl sites for hydroxylation is 1. The van der Waals surface area contributed by atoms with Crippen LogP contribution in [-0.2, 0) is 4.74 Å². The molecule has 4 rings (SSSR count). The van der Waals surface area contributed by atoms with Crippen LogP contribution < -0.4 is 10.2 Å². The summed E-state index contributed by atoms with van der Waals surface area (Å²) >= 11 is 0. The smallest absolute Gasteiger partial charge is 0.410 e. The van der Waals surface area contributed by atoms with Crippen LogP contribution in [0.25, 0.3) is 5.82 Å². The fourth-order valence-corrected chi connectivity index (χ4v) is 2.86. The van der Waals surface area contributed by atoms with Gasteiger partial charge >= 0.3 is 12.1 Å². The van der Waals surface area contributed by atoms with Crippen molar-refractivity contribution in [3.8, 4) is 11.8 Å². The summed E-state index contributed by atoms with van der Waals surface area (Å²) in [5, 5.41) is 4.25. The average Bonchev–Trinajstić information content (AvgIpc) is 3.40. The number of anilines is 1. The average molecular weight is 407 g/mol. The molecule has 1 aliphatic rings. The third-order valence-corrected chi connectivity index (χ3v) is 4.33. The number of ether oxygens (including phenoxy) is 2. The lowest BCUT2D eigenvalue weighted by Crippen LogP contribution is -2.29. The minimum atomic E-state index is -0.334. The Hall–Kier alpha value is -3.95. The molecule has 10 heteroatoms. The zero-order valence-corrected chi connectivity index (χ0v) is 16.4. The number of benzene rings is 1. The highest BCUT2D eigenvalue weighted by Gasteiger charge is 2.21. The number of carbonyl (C=O) groups is 1. The maximum Gasteiger partial charge on any atom is 0.410 e. The lowest BCUT2D eigenvalue weighted by atomic mass is 10.2. The highest BCUT2D eigenvalue weighted by Crippen LogP contribution is 2.16. The number of imidazole rings is 1. The fourth-order valence-electron chi connectivity index (χ4n) is 2.86. The number of amides is 1. The molecule has 154 valence electrons. The molecular weight excluding hydrogens is 386 g/mol.